The lowest BCUT2D eigenvalue weighted by Crippen LogP contribution is -2.49. The van der Waals surface area contributed by atoms with Crippen LogP contribution in [0.15, 0.2) is 24.3 Å². The number of hydrogen-bond acceptors (Lipinski definition) is 4. The molecule has 1 N–H and O–H groups in total. The monoisotopic (exact) mass is 283 g/mol. The Bertz CT molecular complexity index is 527. The van der Waals surface area contributed by atoms with E-state index in [0.717, 1.165) is 17.5 Å². The van der Waals surface area contributed by atoms with Gasteiger partial charge in [0.05, 0.1) is 12.4 Å². The molecule has 2 atom stereocenters. The van der Waals surface area contributed by atoms with Crippen LogP contribution in [0.25, 0.3) is 0 Å². The summed E-state index contributed by atoms with van der Waals surface area (Å²) in [5.74, 6) is 0.0842. The third-order valence-electron chi connectivity index (χ3n) is 3.59. The molecule has 1 fully saturated rings. The van der Waals surface area contributed by atoms with Gasteiger partial charge in [0.1, 0.15) is 5.25 Å². The molecule has 0 aromatic heterocycles. The third kappa shape index (κ3) is 3.55. The van der Waals surface area contributed by atoms with Gasteiger partial charge in [-0.3, -0.25) is 0 Å². The summed E-state index contributed by atoms with van der Waals surface area (Å²) in [5.41, 5.74) is 1.93. The van der Waals surface area contributed by atoms with Gasteiger partial charge in [0.2, 0.25) is 0 Å². The van der Waals surface area contributed by atoms with Crippen LogP contribution in [0.1, 0.15) is 17.5 Å². The summed E-state index contributed by atoms with van der Waals surface area (Å²) in [6, 6.07) is 7.64. The SMILES string of the molecule is CNC1CCOCC1S(=O)(=O)Cc1cccc(C)c1. The van der Waals surface area contributed by atoms with Gasteiger partial charge in [-0.25, -0.2) is 8.42 Å². The quantitative estimate of drug-likeness (QED) is 0.904. The molecule has 0 saturated carbocycles. The maximum absolute atomic E-state index is 12.5. The predicted molar refractivity (Wildman–Crippen MR) is 75.9 cm³/mol. The van der Waals surface area contributed by atoms with Crippen molar-refractivity contribution in [1.29, 1.82) is 0 Å². The van der Waals surface area contributed by atoms with E-state index in [9.17, 15) is 8.42 Å². The van der Waals surface area contributed by atoms with Crippen LogP contribution in [0, 0.1) is 6.92 Å². The average molecular weight is 283 g/mol. The van der Waals surface area contributed by atoms with E-state index in [4.69, 9.17) is 4.74 Å². The van der Waals surface area contributed by atoms with Crippen molar-refractivity contribution in [3.05, 3.63) is 35.4 Å². The predicted octanol–water partition coefficient (Wildman–Crippen LogP) is 1.29. The Kier molecular flexibility index (Phi) is 4.60. The molecular formula is C14H21NO3S. The Balaban J connectivity index is 2.17. The second-order valence-corrected chi connectivity index (χ2v) is 7.31. The fourth-order valence-electron chi connectivity index (χ4n) is 2.54. The fraction of sp³-hybridized carbons (Fsp3) is 0.571. The molecule has 1 heterocycles. The van der Waals surface area contributed by atoms with Crippen LogP contribution in [0.3, 0.4) is 0 Å². The summed E-state index contributed by atoms with van der Waals surface area (Å²) < 4.78 is 30.4. The molecule has 1 saturated heterocycles. The normalized spacial score (nSPS) is 24.3. The number of nitrogens with one attached hydrogen (secondary N) is 1. The van der Waals surface area contributed by atoms with Crippen LogP contribution < -0.4 is 5.32 Å². The van der Waals surface area contributed by atoms with E-state index in [2.05, 4.69) is 5.32 Å². The highest BCUT2D eigenvalue weighted by atomic mass is 32.2. The lowest BCUT2D eigenvalue weighted by molar-refractivity contribution is 0.0825. The molecule has 1 aliphatic rings. The minimum atomic E-state index is -3.20. The number of rotatable bonds is 4. The first-order chi connectivity index (χ1) is 9.03. The van der Waals surface area contributed by atoms with Gasteiger partial charge in [-0.05, 0) is 26.0 Å². The molecule has 5 heteroatoms. The second-order valence-electron chi connectivity index (χ2n) is 5.09. The standard InChI is InChI=1S/C14H21NO3S/c1-11-4-3-5-12(8-11)10-19(16,17)14-9-18-7-6-13(14)15-2/h3-5,8,13-15H,6-7,9-10H2,1-2H3. The molecule has 106 valence electrons. The first-order valence-electron chi connectivity index (χ1n) is 6.55. The zero-order valence-electron chi connectivity index (χ0n) is 11.4. The number of aryl methyl sites for hydroxylation is 1. The average Bonchev–Trinajstić information content (AvgIpc) is 2.38. The van der Waals surface area contributed by atoms with Gasteiger partial charge in [0.25, 0.3) is 0 Å². The summed E-state index contributed by atoms with van der Waals surface area (Å²) >= 11 is 0. The number of ether oxygens (including phenoxy) is 1. The summed E-state index contributed by atoms with van der Waals surface area (Å²) in [5, 5.41) is 2.65. The van der Waals surface area contributed by atoms with E-state index in [1.165, 1.54) is 0 Å². The van der Waals surface area contributed by atoms with Crippen molar-refractivity contribution in [2.75, 3.05) is 20.3 Å². The van der Waals surface area contributed by atoms with Crippen molar-refractivity contribution in [2.45, 2.75) is 30.4 Å². The van der Waals surface area contributed by atoms with Crippen LogP contribution in [-0.4, -0.2) is 40.0 Å². The molecule has 19 heavy (non-hydrogen) atoms. The van der Waals surface area contributed by atoms with Gasteiger partial charge >= 0.3 is 0 Å². The molecule has 2 unspecified atom stereocenters. The van der Waals surface area contributed by atoms with E-state index in [1.54, 1.807) is 0 Å². The Labute approximate surface area is 115 Å². The number of benzene rings is 1. The lowest BCUT2D eigenvalue weighted by atomic mass is 10.1. The molecule has 1 aromatic carbocycles. The van der Waals surface area contributed by atoms with Crippen LogP contribution in [0.2, 0.25) is 0 Å². The molecule has 4 nitrogen and oxygen atoms in total. The van der Waals surface area contributed by atoms with Crippen molar-refractivity contribution in [2.24, 2.45) is 0 Å². The highest BCUT2D eigenvalue weighted by molar-refractivity contribution is 7.91. The maximum atomic E-state index is 12.5. The van der Waals surface area contributed by atoms with Gasteiger partial charge < -0.3 is 10.1 Å². The second kappa shape index (κ2) is 6.03. The van der Waals surface area contributed by atoms with Crippen molar-refractivity contribution in [1.82, 2.24) is 5.32 Å². The van der Waals surface area contributed by atoms with E-state index in [1.807, 2.05) is 38.2 Å². The molecule has 2 rings (SSSR count). The highest BCUT2D eigenvalue weighted by Crippen LogP contribution is 2.20. The third-order valence-corrected chi connectivity index (χ3v) is 5.71. The Morgan fingerprint density at radius 1 is 1.42 bits per heavy atom. The molecule has 0 radical (unpaired) electrons. The Morgan fingerprint density at radius 2 is 2.21 bits per heavy atom. The maximum Gasteiger partial charge on any atom is 0.161 e. The van der Waals surface area contributed by atoms with E-state index in [-0.39, 0.29) is 11.8 Å². The van der Waals surface area contributed by atoms with Crippen molar-refractivity contribution in [3.63, 3.8) is 0 Å². The Morgan fingerprint density at radius 3 is 2.89 bits per heavy atom. The molecular weight excluding hydrogens is 262 g/mol. The number of sulfone groups is 1. The van der Waals surface area contributed by atoms with Gasteiger partial charge in [-0.15, -0.1) is 0 Å². The zero-order valence-corrected chi connectivity index (χ0v) is 12.2. The zero-order chi connectivity index (χ0) is 13.9. The van der Waals surface area contributed by atoms with Crippen LogP contribution in [0.4, 0.5) is 0 Å². The van der Waals surface area contributed by atoms with Crippen molar-refractivity contribution in [3.8, 4) is 0 Å². The van der Waals surface area contributed by atoms with Crippen molar-refractivity contribution >= 4 is 9.84 Å². The van der Waals surface area contributed by atoms with Gasteiger partial charge in [-0.2, -0.15) is 0 Å². The van der Waals surface area contributed by atoms with E-state index in [0.29, 0.717) is 13.2 Å². The Hall–Kier alpha value is -0.910. The van der Waals surface area contributed by atoms with Crippen LogP contribution in [0.5, 0.6) is 0 Å². The molecule has 1 aromatic rings. The van der Waals surface area contributed by atoms with Gasteiger partial charge in [0.15, 0.2) is 9.84 Å². The first kappa shape index (κ1) is 14.5. The topological polar surface area (TPSA) is 55.4 Å². The fourth-order valence-corrected chi connectivity index (χ4v) is 4.47. The molecule has 1 aliphatic heterocycles. The van der Waals surface area contributed by atoms with Crippen molar-refractivity contribution < 1.29 is 13.2 Å². The van der Waals surface area contributed by atoms with E-state index >= 15 is 0 Å². The lowest BCUT2D eigenvalue weighted by Gasteiger charge is -2.30. The molecule has 0 bridgehead atoms. The van der Waals surface area contributed by atoms with Gasteiger partial charge in [0, 0.05) is 12.6 Å². The largest absolute Gasteiger partial charge is 0.380 e. The minimum Gasteiger partial charge on any atom is -0.380 e. The highest BCUT2D eigenvalue weighted by Gasteiger charge is 2.35. The minimum absolute atomic E-state index is 0.0106. The summed E-state index contributed by atoms with van der Waals surface area (Å²) in [6.07, 6.45) is 0.744. The smallest absolute Gasteiger partial charge is 0.161 e. The molecule has 0 spiro atoms. The van der Waals surface area contributed by atoms with Crippen LogP contribution >= 0.6 is 0 Å². The summed E-state index contributed by atoms with van der Waals surface area (Å²) in [4.78, 5) is 0. The van der Waals surface area contributed by atoms with Crippen LogP contribution in [-0.2, 0) is 20.3 Å². The molecule has 0 amide bonds. The number of hydrogen-bond donors (Lipinski definition) is 1. The molecule has 0 aliphatic carbocycles. The first-order valence-corrected chi connectivity index (χ1v) is 8.26. The summed E-state index contributed by atoms with van der Waals surface area (Å²) in [7, 11) is -1.39. The summed E-state index contributed by atoms with van der Waals surface area (Å²) in [6.45, 7) is 2.89. The van der Waals surface area contributed by atoms with Gasteiger partial charge in [-0.1, -0.05) is 29.8 Å². The van der Waals surface area contributed by atoms with E-state index < -0.39 is 15.1 Å².